The van der Waals surface area contributed by atoms with Crippen molar-refractivity contribution in [2.45, 2.75) is 45.7 Å². The Morgan fingerprint density at radius 3 is 2.49 bits per heavy atom. The van der Waals surface area contributed by atoms with E-state index in [1.807, 2.05) is 20.8 Å². The first kappa shape index (κ1) is 26.5. The molecule has 0 fully saturated rings. The van der Waals surface area contributed by atoms with Crippen molar-refractivity contribution in [3.05, 3.63) is 62.8 Å². The molecule has 1 aliphatic rings. The van der Waals surface area contributed by atoms with E-state index >= 15 is 0 Å². The summed E-state index contributed by atoms with van der Waals surface area (Å²) in [6, 6.07) is 5.53. The van der Waals surface area contributed by atoms with Gasteiger partial charge >= 0.3 is 0 Å². The molecular formula is C26H30FN5O4S. The van der Waals surface area contributed by atoms with E-state index < -0.39 is 17.1 Å². The maximum Gasteiger partial charge on any atom is 0.274 e. The van der Waals surface area contributed by atoms with Crippen LogP contribution < -0.4 is 5.43 Å². The van der Waals surface area contributed by atoms with Gasteiger partial charge in [0.1, 0.15) is 10.8 Å². The van der Waals surface area contributed by atoms with Gasteiger partial charge in [-0.15, -0.1) is 10.2 Å². The van der Waals surface area contributed by atoms with Crippen LogP contribution in [0.25, 0.3) is 10.6 Å². The lowest BCUT2D eigenvalue weighted by Gasteiger charge is -2.41. The molecule has 3 aromatic rings. The molecule has 0 saturated heterocycles. The average Bonchev–Trinajstić information content (AvgIpc) is 3.30. The van der Waals surface area contributed by atoms with Crippen molar-refractivity contribution < 1.29 is 19.1 Å². The third-order valence-electron chi connectivity index (χ3n) is 6.66. The van der Waals surface area contributed by atoms with Gasteiger partial charge in [0.2, 0.25) is 11.3 Å². The minimum Gasteiger partial charge on any atom is -0.503 e. The smallest absolute Gasteiger partial charge is 0.274 e. The lowest BCUT2D eigenvalue weighted by molar-refractivity contribution is -0.129. The van der Waals surface area contributed by atoms with Crippen molar-refractivity contribution in [3.63, 3.8) is 0 Å². The van der Waals surface area contributed by atoms with E-state index in [4.69, 9.17) is 0 Å². The van der Waals surface area contributed by atoms with E-state index in [9.17, 15) is 23.9 Å². The number of pyridine rings is 1. The summed E-state index contributed by atoms with van der Waals surface area (Å²) in [4.78, 5) is 42.1. The number of aromatic hydroxyl groups is 1. The molecule has 3 heterocycles. The zero-order valence-electron chi connectivity index (χ0n) is 21.4. The molecule has 2 aromatic heterocycles. The van der Waals surface area contributed by atoms with Gasteiger partial charge in [0.15, 0.2) is 16.5 Å². The number of benzene rings is 1. The number of carbonyl (C=O) groups is 2. The quantitative estimate of drug-likeness (QED) is 0.505. The van der Waals surface area contributed by atoms with Crippen LogP contribution in [0, 0.1) is 11.7 Å². The van der Waals surface area contributed by atoms with Crippen LogP contribution in [0.1, 0.15) is 54.3 Å². The van der Waals surface area contributed by atoms with Crippen molar-refractivity contribution >= 4 is 23.2 Å². The third kappa shape index (κ3) is 5.27. The summed E-state index contributed by atoms with van der Waals surface area (Å²) in [5.41, 5.74) is 0.184. The molecule has 2 unspecified atom stereocenters. The predicted octanol–water partition coefficient (Wildman–Crippen LogP) is 3.32. The van der Waals surface area contributed by atoms with Crippen LogP contribution in [0.2, 0.25) is 0 Å². The van der Waals surface area contributed by atoms with Crippen molar-refractivity contribution in [2.24, 2.45) is 5.92 Å². The number of nitrogens with zero attached hydrogens (tertiary/aromatic N) is 5. The van der Waals surface area contributed by atoms with Gasteiger partial charge in [-0.3, -0.25) is 14.4 Å². The first-order valence-corrected chi connectivity index (χ1v) is 12.9. The molecule has 0 bridgehead atoms. The Hall–Kier alpha value is -3.60. The molecule has 0 radical (unpaired) electrons. The first-order valence-electron chi connectivity index (χ1n) is 12.0. The van der Waals surface area contributed by atoms with Gasteiger partial charge in [-0.05, 0) is 37.5 Å². The fraction of sp³-hybridized carbons (Fsp3) is 0.423. The molecule has 9 nitrogen and oxygen atoms in total. The molecule has 2 atom stereocenters. The summed E-state index contributed by atoms with van der Waals surface area (Å²) in [5.74, 6) is -1.66. The zero-order chi connectivity index (χ0) is 27.0. The number of rotatable bonds is 7. The summed E-state index contributed by atoms with van der Waals surface area (Å²) in [6.07, 6.45) is 2.20. The van der Waals surface area contributed by atoms with E-state index in [0.717, 1.165) is 5.56 Å². The van der Waals surface area contributed by atoms with Gasteiger partial charge in [0, 0.05) is 45.7 Å². The second-order valence-corrected chi connectivity index (χ2v) is 10.9. The lowest BCUT2D eigenvalue weighted by atomic mass is 9.93. The van der Waals surface area contributed by atoms with E-state index in [1.54, 1.807) is 41.9 Å². The van der Waals surface area contributed by atoms with Crippen LogP contribution in [-0.4, -0.2) is 68.2 Å². The fourth-order valence-corrected chi connectivity index (χ4v) is 5.34. The first-order chi connectivity index (χ1) is 17.5. The molecule has 0 saturated carbocycles. The van der Waals surface area contributed by atoms with Crippen molar-refractivity contribution in [3.8, 4) is 16.3 Å². The van der Waals surface area contributed by atoms with Gasteiger partial charge in [0.25, 0.3) is 5.91 Å². The summed E-state index contributed by atoms with van der Waals surface area (Å²) in [6.45, 7) is 5.99. The van der Waals surface area contributed by atoms with Crippen LogP contribution >= 0.6 is 11.3 Å². The molecular weight excluding hydrogens is 497 g/mol. The Balaban J connectivity index is 1.76. The molecule has 1 N–H and O–H groups in total. The highest BCUT2D eigenvalue weighted by Crippen LogP contribution is 2.35. The van der Waals surface area contributed by atoms with E-state index in [1.165, 1.54) is 28.4 Å². The highest BCUT2D eigenvalue weighted by Gasteiger charge is 2.38. The number of hydrogen-bond acceptors (Lipinski definition) is 7. The summed E-state index contributed by atoms with van der Waals surface area (Å²) < 4.78 is 14.9. The second kappa shape index (κ2) is 10.4. The molecule has 11 heteroatoms. The largest absolute Gasteiger partial charge is 0.503 e. The summed E-state index contributed by atoms with van der Waals surface area (Å²) in [5, 5.41) is 20.2. The number of halogens is 1. The third-order valence-corrected chi connectivity index (χ3v) is 7.61. The minimum atomic E-state index is -0.703. The van der Waals surface area contributed by atoms with E-state index in [-0.39, 0.29) is 47.4 Å². The lowest BCUT2D eigenvalue weighted by Crippen LogP contribution is -2.49. The topological polar surface area (TPSA) is 109 Å². The number of hydrogen-bond donors (Lipinski definition) is 1. The molecule has 196 valence electrons. The zero-order valence-corrected chi connectivity index (χ0v) is 22.3. The van der Waals surface area contributed by atoms with Crippen LogP contribution in [-0.2, 0) is 11.2 Å². The average molecular weight is 528 g/mol. The van der Waals surface area contributed by atoms with E-state index in [0.29, 0.717) is 23.0 Å². The second-order valence-electron chi connectivity index (χ2n) is 9.87. The number of amides is 2. The van der Waals surface area contributed by atoms with Gasteiger partial charge in [-0.25, -0.2) is 4.39 Å². The highest BCUT2D eigenvalue weighted by molar-refractivity contribution is 7.14. The Kier molecular flexibility index (Phi) is 7.44. The Morgan fingerprint density at radius 2 is 1.86 bits per heavy atom. The SMILES string of the molecule is CC(CC(=O)N(C)C)C1CN(C(C)C)C(=O)c2c(O)c(=O)c(-c3nnc(Cc4ccc(F)cc4)s3)cn21. The van der Waals surface area contributed by atoms with Gasteiger partial charge in [-0.1, -0.05) is 30.4 Å². The molecule has 0 spiro atoms. The fourth-order valence-electron chi connectivity index (χ4n) is 4.46. The molecule has 1 aliphatic heterocycles. The molecule has 1 aromatic carbocycles. The van der Waals surface area contributed by atoms with Crippen molar-refractivity contribution in [2.75, 3.05) is 20.6 Å². The monoisotopic (exact) mass is 527 g/mol. The predicted molar refractivity (Wildman–Crippen MR) is 138 cm³/mol. The number of carbonyl (C=O) groups excluding carboxylic acids is 2. The summed E-state index contributed by atoms with van der Waals surface area (Å²) >= 11 is 1.19. The Labute approximate surface area is 218 Å². The number of fused-ring (bicyclic) bond motifs is 1. The van der Waals surface area contributed by atoms with E-state index in [2.05, 4.69) is 10.2 Å². The highest BCUT2D eigenvalue weighted by atomic mass is 32.1. The maximum atomic E-state index is 13.3. The Bertz CT molecular complexity index is 1380. The normalized spacial score (nSPS) is 16.1. The maximum absolute atomic E-state index is 13.3. The van der Waals surface area contributed by atoms with Gasteiger partial charge in [-0.2, -0.15) is 0 Å². The molecule has 2 amide bonds. The summed E-state index contributed by atoms with van der Waals surface area (Å²) in [7, 11) is 3.38. The van der Waals surface area contributed by atoms with Crippen LogP contribution in [0.4, 0.5) is 4.39 Å². The minimum absolute atomic E-state index is 0.0536. The van der Waals surface area contributed by atoms with Gasteiger partial charge < -0.3 is 19.5 Å². The molecule has 0 aliphatic carbocycles. The van der Waals surface area contributed by atoms with Crippen LogP contribution in [0.15, 0.2) is 35.3 Å². The van der Waals surface area contributed by atoms with Crippen molar-refractivity contribution in [1.82, 2.24) is 24.6 Å². The van der Waals surface area contributed by atoms with Crippen LogP contribution in [0.5, 0.6) is 5.75 Å². The molecule has 37 heavy (non-hydrogen) atoms. The van der Waals surface area contributed by atoms with Crippen LogP contribution in [0.3, 0.4) is 0 Å². The standard InChI is InChI=1S/C26H30FN5O4S/c1-14(2)31-13-19(15(3)10-21(33)30(4)5)32-12-18(23(34)24(35)22(32)26(31)36)25-29-28-20(37-25)11-16-6-8-17(27)9-7-16/h6-9,12,14-15,19,35H,10-11,13H2,1-5H3. The van der Waals surface area contributed by atoms with Crippen molar-refractivity contribution in [1.29, 1.82) is 0 Å². The molecule has 4 rings (SSSR count). The Morgan fingerprint density at radius 1 is 1.19 bits per heavy atom. The van der Waals surface area contributed by atoms with Gasteiger partial charge in [0.05, 0.1) is 11.6 Å². The number of aromatic nitrogens is 3.